The lowest BCUT2D eigenvalue weighted by Gasteiger charge is -2.33. The molecule has 28 heavy (non-hydrogen) atoms. The number of hydrogen-bond acceptors (Lipinski definition) is 6. The fourth-order valence-electron chi connectivity index (χ4n) is 3.17. The Bertz CT molecular complexity index is 915. The van der Waals surface area contributed by atoms with Gasteiger partial charge in [0.15, 0.2) is 0 Å². The quantitative estimate of drug-likeness (QED) is 0.840. The van der Waals surface area contributed by atoms with Crippen molar-refractivity contribution in [3.63, 3.8) is 0 Å². The van der Waals surface area contributed by atoms with Gasteiger partial charge in [0, 0.05) is 26.2 Å². The fraction of sp³-hybridized carbons (Fsp3) is 0.579. The predicted molar refractivity (Wildman–Crippen MR) is 107 cm³/mol. The highest BCUT2D eigenvalue weighted by Gasteiger charge is 2.30. The number of amides is 2. The summed E-state index contributed by atoms with van der Waals surface area (Å²) in [7, 11) is 0. The molecule has 3 heterocycles. The Labute approximate surface area is 167 Å². The molecule has 9 heteroatoms. The first kappa shape index (κ1) is 20.3. The Morgan fingerprint density at radius 1 is 1.39 bits per heavy atom. The van der Waals surface area contributed by atoms with Gasteiger partial charge in [-0.05, 0) is 45.1 Å². The van der Waals surface area contributed by atoms with Crippen molar-refractivity contribution in [2.45, 2.75) is 45.8 Å². The summed E-state index contributed by atoms with van der Waals surface area (Å²) in [5.41, 5.74) is 0.0415. The normalized spacial score (nSPS) is 17.5. The molecule has 0 unspecified atom stereocenters. The first-order chi connectivity index (χ1) is 13.2. The van der Waals surface area contributed by atoms with Crippen molar-refractivity contribution in [3.05, 3.63) is 28.1 Å². The van der Waals surface area contributed by atoms with Gasteiger partial charge in [0.1, 0.15) is 10.3 Å². The second-order valence-electron chi connectivity index (χ2n) is 7.93. The molecule has 2 aromatic rings. The Balaban J connectivity index is 1.52. The van der Waals surface area contributed by atoms with Crippen LogP contribution >= 0.6 is 11.3 Å². The van der Waals surface area contributed by atoms with Crippen LogP contribution in [0.2, 0.25) is 0 Å². The molecule has 1 saturated heterocycles. The Kier molecular flexibility index (Phi) is 6.02. The number of nitrogens with one attached hydrogen (secondary N) is 1. The van der Waals surface area contributed by atoms with Crippen LogP contribution < -0.4 is 10.9 Å². The van der Waals surface area contributed by atoms with E-state index in [0.29, 0.717) is 36.4 Å². The largest absolute Gasteiger partial charge is 0.444 e. The molecule has 1 aliphatic heterocycles. The van der Waals surface area contributed by atoms with E-state index in [1.165, 1.54) is 22.2 Å². The van der Waals surface area contributed by atoms with Crippen LogP contribution in [0.1, 0.15) is 33.6 Å². The van der Waals surface area contributed by atoms with Crippen molar-refractivity contribution in [3.8, 4) is 0 Å². The predicted octanol–water partition coefficient (Wildman–Crippen LogP) is 2.22. The smallest absolute Gasteiger partial charge is 0.410 e. The van der Waals surface area contributed by atoms with E-state index >= 15 is 0 Å². The lowest BCUT2D eigenvalue weighted by molar-refractivity contribution is -0.126. The van der Waals surface area contributed by atoms with Gasteiger partial charge in [0.25, 0.3) is 5.56 Å². The second-order valence-corrected chi connectivity index (χ2v) is 8.85. The van der Waals surface area contributed by atoms with E-state index in [9.17, 15) is 14.4 Å². The van der Waals surface area contributed by atoms with E-state index in [-0.39, 0.29) is 23.5 Å². The summed E-state index contributed by atoms with van der Waals surface area (Å²) in [4.78, 5) is 42.9. The average Bonchev–Trinajstić information content (AvgIpc) is 3.12. The zero-order valence-electron chi connectivity index (χ0n) is 16.4. The highest BCUT2D eigenvalue weighted by molar-refractivity contribution is 7.17. The Morgan fingerprint density at radius 3 is 2.93 bits per heavy atom. The molecule has 0 radical (unpaired) electrons. The summed E-state index contributed by atoms with van der Waals surface area (Å²) in [6.07, 6.45) is 2.62. The number of aromatic nitrogens is 2. The molecule has 0 spiro atoms. The van der Waals surface area contributed by atoms with E-state index in [1.54, 1.807) is 4.90 Å². The van der Waals surface area contributed by atoms with Gasteiger partial charge in [-0.1, -0.05) is 0 Å². The number of hydrogen-bond donors (Lipinski definition) is 1. The molecular formula is C19H26N4O4S. The maximum absolute atomic E-state index is 12.5. The Morgan fingerprint density at radius 2 is 2.18 bits per heavy atom. The molecule has 0 aliphatic carbocycles. The van der Waals surface area contributed by atoms with Gasteiger partial charge < -0.3 is 15.0 Å². The molecule has 152 valence electrons. The molecule has 2 amide bonds. The zero-order chi connectivity index (χ0) is 20.3. The van der Waals surface area contributed by atoms with Crippen LogP contribution in [0.3, 0.4) is 0 Å². The average molecular weight is 407 g/mol. The second kappa shape index (κ2) is 8.30. The van der Waals surface area contributed by atoms with Crippen molar-refractivity contribution in [2.75, 3.05) is 19.6 Å². The number of carbonyl (C=O) groups excluding carboxylic acids is 2. The molecule has 1 N–H and O–H groups in total. The summed E-state index contributed by atoms with van der Waals surface area (Å²) in [6, 6.07) is 1.81. The summed E-state index contributed by atoms with van der Waals surface area (Å²) < 4.78 is 7.52. The first-order valence-electron chi connectivity index (χ1n) is 9.43. The topological polar surface area (TPSA) is 93.5 Å². The molecule has 1 fully saturated rings. The maximum Gasteiger partial charge on any atom is 0.410 e. The fourth-order valence-corrected chi connectivity index (χ4v) is 3.96. The number of thiophene rings is 1. The van der Waals surface area contributed by atoms with Crippen LogP contribution in [0.15, 0.2) is 22.6 Å². The Hall–Kier alpha value is -2.42. The van der Waals surface area contributed by atoms with Crippen LogP contribution in [0, 0.1) is 5.92 Å². The third-order valence-corrected chi connectivity index (χ3v) is 5.42. The van der Waals surface area contributed by atoms with Crippen molar-refractivity contribution in [1.29, 1.82) is 0 Å². The molecule has 0 saturated carbocycles. The monoisotopic (exact) mass is 406 g/mol. The lowest BCUT2D eigenvalue weighted by atomic mass is 9.97. The summed E-state index contributed by atoms with van der Waals surface area (Å²) in [5, 5.41) is 4.71. The number of likely N-dealkylation sites (tertiary alicyclic amines) is 1. The van der Waals surface area contributed by atoms with E-state index in [4.69, 9.17) is 4.74 Å². The van der Waals surface area contributed by atoms with E-state index in [2.05, 4.69) is 10.3 Å². The van der Waals surface area contributed by atoms with Crippen LogP contribution in [-0.2, 0) is 16.1 Å². The van der Waals surface area contributed by atoms with E-state index in [0.717, 1.165) is 12.8 Å². The highest BCUT2D eigenvalue weighted by atomic mass is 32.1. The molecule has 2 aromatic heterocycles. The third-order valence-electron chi connectivity index (χ3n) is 4.53. The van der Waals surface area contributed by atoms with Crippen molar-refractivity contribution in [2.24, 2.45) is 5.92 Å². The first-order valence-corrected chi connectivity index (χ1v) is 10.3. The van der Waals surface area contributed by atoms with Gasteiger partial charge >= 0.3 is 6.09 Å². The molecule has 0 bridgehead atoms. The zero-order valence-corrected chi connectivity index (χ0v) is 17.3. The minimum atomic E-state index is -0.558. The van der Waals surface area contributed by atoms with E-state index in [1.807, 2.05) is 32.2 Å². The molecule has 3 rings (SSSR count). The van der Waals surface area contributed by atoms with Gasteiger partial charge in [-0.3, -0.25) is 14.2 Å². The van der Waals surface area contributed by atoms with Crippen LogP contribution in [0.5, 0.6) is 0 Å². The molecule has 8 nitrogen and oxygen atoms in total. The van der Waals surface area contributed by atoms with Crippen LogP contribution in [0.4, 0.5) is 4.79 Å². The molecular weight excluding hydrogens is 380 g/mol. The maximum atomic E-state index is 12.5. The third kappa shape index (κ3) is 4.89. The molecule has 1 aliphatic rings. The highest BCUT2D eigenvalue weighted by Crippen LogP contribution is 2.19. The van der Waals surface area contributed by atoms with Crippen LogP contribution in [-0.4, -0.2) is 51.7 Å². The number of nitrogens with zero attached hydrogens (tertiary/aromatic N) is 3. The van der Waals surface area contributed by atoms with Gasteiger partial charge in [-0.15, -0.1) is 11.3 Å². The van der Waals surface area contributed by atoms with Crippen molar-refractivity contribution >= 4 is 33.6 Å². The summed E-state index contributed by atoms with van der Waals surface area (Å²) >= 11 is 1.36. The number of rotatable bonds is 4. The van der Waals surface area contributed by atoms with Gasteiger partial charge in [-0.2, -0.15) is 0 Å². The minimum absolute atomic E-state index is 0.0944. The number of fused-ring (bicyclic) bond motifs is 1. The molecule has 1 atom stereocenters. The number of piperidine rings is 1. The van der Waals surface area contributed by atoms with Gasteiger partial charge in [0.2, 0.25) is 5.91 Å². The van der Waals surface area contributed by atoms with Crippen molar-refractivity contribution < 1.29 is 14.3 Å². The summed E-state index contributed by atoms with van der Waals surface area (Å²) in [5.74, 6) is -0.373. The summed E-state index contributed by atoms with van der Waals surface area (Å²) in [6.45, 7) is 7.11. The van der Waals surface area contributed by atoms with Crippen LogP contribution in [0.25, 0.3) is 10.2 Å². The standard InChI is InChI=1S/C19H26N4O4S/c1-19(2,3)27-18(26)22-8-4-5-13(11-22)16(24)20-7-9-23-12-21-14-6-10-28-15(14)17(23)25/h6,10,12-13H,4-5,7-9,11H2,1-3H3,(H,20,24)/t13-/m1/s1. The van der Waals surface area contributed by atoms with Gasteiger partial charge in [-0.25, -0.2) is 9.78 Å². The number of carbonyl (C=O) groups is 2. The number of ether oxygens (including phenoxy) is 1. The lowest BCUT2D eigenvalue weighted by Crippen LogP contribution is -2.47. The SMILES string of the molecule is CC(C)(C)OC(=O)N1CCC[C@@H](C(=O)NCCn2cnc3ccsc3c2=O)C1. The van der Waals surface area contributed by atoms with E-state index < -0.39 is 5.60 Å². The van der Waals surface area contributed by atoms with Gasteiger partial charge in [0.05, 0.1) is 17.8 Å². The van der Waals surface area contributed by atoms with Crippen molar-refractivity contribution in [1.82, 2.24) is 19.8 Å². The molecule has 0 aromatic carbocycles. The minimum Gasteiger partial charge on any atom is -0.444 e.